The fraction of sp³-hybridized carbons (Fsp3) is 0.923. The minimum Gasteiger partial charge on any atom is -0.381 e. The van der Waals surface area contributed by atoms with Crippen molar-refractivity contribution in [3.05, 3.63) is 0 Å². The third-order valence-corrected chi connectivity index (χ3v) is 3.75. The predicted molar refractivity (Wildman–Crippen MR) is 66.8 cm³/mol. The quantitative estimate of drug-likeness (QED) is 0.797. The van der Waals surface area contributed by atoms with Crippen molar-refractivity contribution in [2.45, 2.75) is 38.6 Å². The molecule has 4 nitrogen and oxygen atoms in total. The Morgan fingerprint density at radius 2 is 2.29 bits per heavy atom. The second-order valence-electron chi connectivity index (χ2n) is 5.10. The Balaban J connectivity index is 1.81. The van der Waals surface area contributed by atoms with Crippen molar-refractivity contribution < 1.29 is 9.53 Å². The number of hydrogen-bond donors (Lipinski definition) is 1. The van der Waals surface area contributed by atoms with Crippen molar-refractivity contribution in [1.82, 2.24) is 10.2 Å². The minimum atomic E-state index is 0.0841. The molecule has 2 heterocycles. The summed E-state index contributed by atoms with van der Waals surface area (Å²) in [5.41, 5.74) is 0. The first-order valence-electron chi connectivity index (χ1n) is 6.91. The summed E-state index contributed by atoms with van der Waals surface area (Å²) in [5.74, 6) is 0.845. The zero-order chi connectivity index (χ0) is 12.1. The summed E-state index contributed by atoms with van der Waals surface area (Å²) in [6.07, 6.45) is 4.45. The largest absolute Gasteiger partial charge is 0.381 e. The molecule has 0 aromatic rings. The van der Waals surface area contributed by atoms with Gasteiger partial charge in [-0.25, -0.2) is 0 Å². The van der Waals surface area contributed by atoms with E-state index < -0.39 is 0 Å². The lowest BCUT2D eigenvalue weighted by Crippen LogP contribution is -2.48. The van der Waals surface area contributed by atoms with E-state index in [2.05, 4.69) is 5.32 Å². The number of amides is 1. The SMILES string of the molecule is CCOCC1CCCN(C(=O)[C@@H]2CCCN2)C1. The standard InChI is InChI=1S/C13H24N2O2/c1-2-17-10-11-5-4-8-15(9-11)13(16)12-6-3-7-14-12/h11-12,14H,2-10H2,1H3/t11?,12-/m0/s1. The predicted octanol–water partition coefficient (Wildman–Crippen LogP) is 1.01. The molecule has 2 aliphatic heterocycles. The third-order valence-electron chi connectivity index (χ3n) is 3.75. The number of rotatable bonds is 4. The molecule has 1 unspecified atom stereocenters. The molecule has 2 saturated heterocycles. The number of carbonyl (C=O) groups excluding carboxylic acids is 1. The summed E-state index contributed by atoms with van der Waals surface area (Å²) in [6.45, 7) is 6.41. The topological polar surface area (TPSA) is 41.6 Å². The molecule has 0 aromatic carbocycles. The van der Waals surface area contributed by atoms with Gasteiger partial charge in [0.15, 0.2) is 0 Å². The smallest absolute Gasteiger partial charge is 0.239 e. The van der Waals surface area contributed by atoms with Gasteiger partial charge in [0.2, 0.25) is 5.91 Å². The van der Waals surface area contributed by atoms with Crippen LogP contribution in [0.15, 0.2) is 0 Å². The monoisotopic (exact) mass is 240 g/mol. The van der Waals surface area contributed by atoms with Crippen LogP contribution in [-0.2, 0) is 9.53 Å². The molecular formula is C13H24N2O2. The Kier molecular flexibility index (Phi) is 4.80. The lowest BCUT2D eigenvalue weighted by molar-refractivity contribution is -0.135. The summed E-state index contributed by atoms with van der Waals surface area (Å²) in [4.78, 5) is 14.3. The van der Waals surface area contributed by atoms with Crippen LogP contribution in [0.2, 0.25) is 0 Å². The van der Waals surface area contributed by atoms with Crippen LogP contribution in [0.25, 0.3) is 0 Å². The number of nitrogens with one attached hydrogen (secondary N) is 1. The molecule has 0 saturated carbocycles. The number of nitrogens with zero attached hydrogens (tertiary/aromatic N) is 1. The maximum Gasteiger partial charge on any atom is 0.239 e. The fourth-order valence-corrected chi connectivity index (χ4v) is 2.80. The number of likely N-dealkylation sites (tertiary alicyclic amines) is 1. The van der Waals surface area contributed by atoms with Crippen molar-refractivity contribution >= 4 is 5.91 Å². The molecular weight excluding hydrogens is 216 g/mol. The molecule has 0 spiro atoms. The first-order chi connectivity index (χ1) is 8.31. The van der Waals surface area contributed by atoms with Crippen molar-refractivity contribution in [1.29, 1.82) is 0 Å². The van der Waals surface area contributed by atoms with Gasteiger partial charge in [-0.3, -0.25) is 4.79 Å². The van der Waals surface area contributed by atoms with Crippen molar-refractivity contribution in [2.24, 2.45) is 5.92 Å². The van der Waals surface area contributed by atoms with E-state index in [4.69, 9.17) is 4.74 Å². The molecule has 0 radical (unpaired) electrons. The molecule has 2 rings (SSSR count). The second-order valence-corrected chi connectivity index (χ2v) is 5.10. The van der Waals surface area contributed by atoms with E-state index in [-0.39, 0.29) is 6.04 Å². The second kappa shape index (κ2) is 6.36. The van der Waals surface area contributed by atoms with E-state index in [1.54, 1.807) is 0 Å². The molecule has 98 valence electrons. The summed E-state index contributed by atoms with van der Waals surface area (Å²) >= 11 is 0. The van der Waals surface area contributed by atoms with Crippen molar-refractivity contribution in [3.8, 4) is 0 Å². The molecule has 1 amide bonds. The van der Waals surface area contributed by atoms with Gasteiger partial charge in [0.05, 0.1) is 12.6 Å². The normalized spacial score (nSPS) is 29.6. The molecule has 1 N–H and O–H groups in total. The number of piperidine rings is 1. The average molecular weight is 240 g/mol. The number of ether oxygens (including phenoxy) is 1. The highest BCUT2D eigenvalue weighted by Crippen LogP contribution is 2.19. The van der Waals surface area contributed by atoms with Crippen LogP contribution in [0, 0.1) is 5.92 Å². The van der Waals surface area contributed by atoms with E-state index in [9.17, 15) is 4.79 Å². The van der Waals surface area contributed by atoms with Crippen LogP contribution in [0.4, 0.5) is 0 Å². The number of carbonyl (C=O) groups is 1. The van der Waals surface area contributed by atoms with Gasteiger partial charge in [-0.15, -0.1) is 0 Å². The highest BCUT2D eigenvalue weighted by atomic mass is 16.5. The molecule has 2 aliphatic rings. The van der Waals surface area contributed by atoms with E-state index >= 15 is 0 Å². The molecule has 0 aromatic heterocycles. The first-order valence-corrected chi connectivity index (χ1v) is 6.91. The van der Waals surface area contributed by atoms with Gasteiger partial charge in [0.25, 0.3) is 0 Å². The third kappa shape index (κ3) is 3.42. The van der Waals surface area contributed by atoms with E-state index in [0.717, 1.165) is 52.1 Å². The highest BCUT2D eigenvalue weighted by molar-refractivity contribution is 5.82. The maximum absolute atomic E-state index is 12.2. The van der Waals surface area contributed by atoms with E-state index in [1.807, 2.05) is 11.8 Å². The van der Waals surface area contributed by atoms with Crippen LogP contribution in [0.1, 0.15) is 32.6 Å². The van der Waals surface area contributed by atoms with Crippen LogP contribution in [0.5, 0.6) is 0 Å². The van der Waals surface area contributed by atoms with Gasteiger partial charge in [0.1, 0.15) is 0 Å². The summed E-state index contributed by atoms with van der Waals surface area (Å²) < 4.78 is 5.47. The summed E-state index contributed by atoms with van der Waals surface area (Å²) in [6, 6.07) is 0.0841. The highest BCUT2D eigenvalue weighted by Gasteiger charge is 2.30. The Bertz CT molecular complexity index is 252. The Morgan fingerprint density at radius 1 is 1.41 bits per heavy atom. The fourth-order valence-electron chi connectivity index (χ4n) is 2.80. The lowest BCUT2D eigenvalue weighted by Gasteiger charge is -2.34. The Labute approximate surface area is 104 Å². The van der Waals surface area contributed by atoms with Crippen molar-refractivity contribution in [2.75, 3.05) is 32.8 Å². The molecule has 2 fully saturated rings. The summed E-state index contributed by atoms with van der Waals surface area (Å²) in [7, 11) is 0. The summed E-state index contributed by atoms with van der Waals surface area (Å²) in [5, 5.41) is 3.29. The lowest BCUT2D eigenvalue weighted by atomic mass is 9.98. The average Bonchev–Trinajstić information content (AvgIpc) is 2.89. The Hall–Kier alpha value is -0.610. The molecule has 0 aliphatic carbocycles. The van der Waals surface area contributed by atoms with Gasteiger partial charge in [-0.05, 0) is 45.1 Å². The van der Waals surface area contributed by atoms with Gasteiger partial charge in [-0.1, -0.05) is 0 Å². The van der Waals surface area contributed by atoms with E-state index in [1.165, 1.54) is 6.42 Å². The van der Waals surface area contributed by atoms with E-state index in [0.29, 0.717) is 11.8 Å². The van der Waals surface area contributed by atoms with Crippen LogP contribution < -0.4 is 5.32 Å². The Morgan fingerprint density at radius 3 is 3.00 bits per heavy atom. The van der Waals surface area contributed by atoms with Gasteiger partial charge < -0.3 is 15.0 Å². The first kappa shape index (κ1) is 12.8. The van der Waals surface area contributed by atoms with Crippen LogP contribution in [0.3, 0.4) is 0 Å². The minimum absolute atomic E-state index is 0.0841. The van der Waals surface area contributed by atoms with Gasteiger partial charge in [0, 0.05) is 19.7 Å². The zero-order valence-electron chi connectivity index (χ0n) is 10.8. The molecule has 2 atom stereocenters. The molecule has 4 heteroatoms. The molecule has 0 bridgehead atoms. The van der Waals surface area contributed by atoms with Crippen molar-refractivity contribution in [3.63, 3.8) is 0 Å². The number of hydrogen-bond acceptors (Lipinski definition) is 3. The van der Waals surface area contributed by atoms with Crippen LogP contribution >= 0.6 is 0 Å². The van der Waals surface area contributed by atoms with Gasteiger partial charge in [-0.2, -0.15) is 0 Å². The van der Waals surface area contributed by atoms with Crippen LogP contribution in [-0.4, -0.2) is 49.7 Å². The maximum atomic E-state index is 12.2. The van der Waals surface area contributed by atoms with Gasteiger partial charge >= 0.3 is 0 Å². The zero-order valence-corrected chi connectivity index (χ0v) is 10.8. The molecule has 17 heavy (non-hydrogen) atoms.